The van der Waals surface area contributed by atoms with Crippen molar-refractivity contribution in [1.82, 2.24) is 9.78 Å². The number of aromatic nitrogens is 2. The van der Waals surface area contributed by atoms with Gasteiger partial charge in [0.15, 0.2) is 0 Å². The maximum absolute atomic E-state index is 9.43. The zero-order valence-corrected chi connectivity index (χ0v) is 11.6. The molecule has 0 aliphatic carbocycles. The zero-order valence-electron chi connectivity index (χ0n) is 11.6. The van der Waals surface area contributed by atoms with Crippen LogP contribution in [0, 0.1) is 0 Å². The molecule has 3 aromatic rings. The van der Waals surface area contributed by atoms with Gasteiger partial charge in [-0.05, 0) is 23.3 Å². The van der Waals surface area contributed by atoms with Crippen molar-refractivity contribution in [2.45, 2.75) is 13.1 Å². The molecule has 1 heterocycles. The van der Waals surface area contributed by atoms with Crippen molar-refractivity contribution in [2.24, 2.45) is 0 Å². The highest BCUT2D eigenvalue weighted by Gasteiger charge is 2.00. The van der Waals surface area contributed by atoms with E-state index in [1.807, 2.05) is 47.3 Å². The van der Waals surface area contributed by atoms with E-state index in [0.29, 0.717) is 6.54 Å². The average molecular weight is 279 g/mol. The molecular weight excluding hydrogens is 262 g/mol. The number of hydrogen-bond donors (Lipinski definition) is 2. The van der Waals surface area contributed by atoms with Crippen LogP contribution in [0.15, 0.2) is 66.9 Å². The maximum atomic E-state index is 9.43. The summed E-state index contributed by atoms with van der Waals surface area (Å²) in [5, 5.41) is 17.2. The van der Waals surface area contributed by atoms with Crippen LogP contribution in [-0.2, 0) is 13.1 Å². The summed E-state index contributed by atoms with van der Waals surface area (Å²) in [4.78, 5) is 0. The fourth-order valence-corrected chi connectivity index (χ4v) is 2.17. The van der Waals surface area contributed by atoms with Crippen LogP contribution in [0.5, 0.6) is 5.75 Å². The number of phenols is 1. The third-order valence-corrected chi connectivity index (χ3v) is 3.21. The molecular formula is C17H17N3O. The molecule has 0 spiro atoms. The summed E-state index contributed by atoms with van der Waals surface area (Å²) in [5.41, 5.74) is 2.24. The lowest BCUT2D eigenvalue weighted by atomic mass is 10.2. The van der Waals surface area contributed by atoms with Crippen molar-refractivity contribution < 1.29 is 5.11 Å². The van der Waals surface area contributed by atoms with Crippen LogP contribution in [0.2, 0.25) is 0 Å². The zero-order chi connectivity index (χ0) is 14.5. The topological polar surface area (TPSA) is 50.1 Å². The summed E-state index contributed by atoms with van der Waals surface area (Å²) in [6.45, 7) is 1.39. The number of nitrogens with one attached hydrogen (secondary N) is 1. The Balaban J connectivity index is 1.60. The summed E-state index contributed by atoms with van der Waals surface area (Å²) >= 11 is 0. The second-order valence-electron chi connectivity index (χ2n) is 4.91. The fourth-order valence-electron chi connectivity index (χ4n) is 2.17. The molecule has 2 aromatic carbocycles. The molecule has 0 unspecified atom stereocenters. The molecule has 0 amide bonds. The molecule has 0 saturated carbocycles. The van der Waals surface area contributed by atoms with Gasteiger partial charge in [-0.1, -0.05) is 42.5 Å². The minimum atomic E-state index is 0.281. The number of nitrogens with zero attached hydrogens (tertiary/aromatic N) is 2. The molecule has 2 N–H and O–H groups in total. The Morgan fingerprint density at radius 2 is 1.76 bits per heavy atom. The highest BCUT2D eigenvalue weighted by Crippen LogP contribution is 2.13. The highest BCUT2D eigenvalue weighted by molar-refractivity contribution is 5.36. The smallest absolute Gasteiger partial charge is 0.148 e. The van der Waals surface area contributed by atoms with Gasteiger partial charge in [-0.3, -0.25) is 4.68 Å². The summed E-state index contributed by atoms with van der Waals surface area (Å²) in [5.74, 6) is 1.11. The van der Waals surface area contributed by atoms with Crippen molar-refractivity contribution >= 4 is 5.82 Å². The Hall–Kier alpha value is -2.75. The Bertz CT molecular complexity index is 707. The second kappa shape index (κ2) is 6.13. The molecule has 0 fully saturated rings. The van der Waals surface area contributed by atoms with Crippen LogP contribution >= 0.6 is 0 Å². The lowest BCUT2D eigenvalue weighted by Gasteiger charge is -2.04. The van der Waals surface area contributed by atoms with E-state index in [4.69, 9.17) is 0 Å². The molecule has 4 heteroatoms. The van der Waals surface area contributed by atoms with Gasteiger partial charge < -0.3 is 10.4 Å². The van der Waals surface area contributed by atoms with E-state index in [0.717, 1.165) is 17.9 Å². The highest BCUT2D eigenvalue weighted by atomic mass is 16.3. The second-order valence-corrected chi connectivity index (χ2v) is 4.91. The molecule has 1 aromatic heterocycles. The minimum Gasteiger partial charge on any atom is -0.508 e. The first-order valence-electron chi connectivity index (χ1n) is 6.89. The number of anilines is 1. The Labute approximate surface area is 123 Å². The van der Waals surface area contributed by atoms with E-state index >= 15 is 0 Å². The van der Waals surface area contributed by atoms with Crippen LogP contribution in [0.3, 0.4) is 0 Å². The van der Waals surface area contributed by atoms with E-state index in [2.05, 4.69) is 22.5 Å². The predicted molar refractivity (Wildman–Crippen MR) is 83.2 cm³/mol. The van der Waals surface area contributed by atoms with Crippen LogP contribution < -0.4 is 5.32 Å². The molecule has 0 atom stereocenters. The molecule has 0 radical (unpaired) electrons. The molecule has 4 nitrogen and oxygen atoms in total. The van der Waals surface area contributed by atoms with Crippen LogP contribution in [-0.4, -0.2) is 14.9 Å². The SMILES string of the molecule is Oc1cccc(CNc2ccn(Cc3ccccc3)n2)c1. The lowest BCUT2D eigenvalue weighted by Crippen LogP contribution is -2.03. The number of benzene rings is 2. The van der Waals surface area contributed by atoms with Crippen molar-refractivity contribution in [2.75, 3.05) is 5.32 Å². The summed E-state index contributed by atoms with van der Waals surface area (Å²) in [6, 6.07) is 19.4. The molecule has 106 valence electrons. The predicted octanol–water partition coefficient (Wildman–Crippen LogP) is 3.25. The van der Waals surface area contributed by atoms with Gasteiger partial charge in [-0.15, -0.1) is 0 Å². The first kappa shape index (κ1) is 13.2. The first-order chi connectivity index (χ1) is 10.3. The van der Waals surface area contributed by atoms with E-state index in [1.165, 1.54) is 5.56 Å². The molecule has 0 saturated heterocycles. The number of aromatic hydroxyl groups is 1. The minimum absolute atomic E-state index is 0.281. The Morgan fingerprint density at radius 1 is 0.952 bits per heavy atom. The van der Waals surface area contributed by atoms with E-state index in [-0.39, 0.29) is 5.75 Å². The van der Waals surface area contributed by atoms with Crippen molar-refractivity contribution in [3.05, 3.63) is 78.0 Å². The number of phenolic OH excluding ortho intramolecular Hbond substituents is 1. The summed E-state index contributed by atoms with van der Waals surface area (Å²) < 4.78 is 1.90. The van der Waals surface area contributed by atoms with E-state index < -0.39 is 0 Å². The van der Waals surface area contributed by atoms with Gasteiger partial charge in [0.25, 0.3) is 0 Å². The number of hydrogen-bond acceptors (Lipinski definition) is 3. The van der Waals surface area contributed by atoms with Gasteiger partial charge in [0.1, 0.15) is 11.6 Å². The van der Waals surface area contributed by atoms with Crippen LogP contribution in [0.4, 0.5) is 5.82 Å². The summed E-state index contributed by atoms with van der Waals surface area (Å²) in [7, 11) is 0. The first-order valence-corrected chi connectivity index (χ1v) is 6.89. The molecule has 0 aliphatic heterocycles. The van der Waals surface area contributed by atoms with Gasteiger partial charge in [-0.25, -0.2) is 0 Å². The third kappa shape index (κ3) is 3.63. The molecule has 3 rings (SSSR count). The molecule has 21 heavy (non-hydrogen) atoms. The standard InChI is InChI=1S/C17H17N3O/c21-16-8-4-7-15(11-16)12-18-17-9-10-20(19-17)13-14-5-2-1-3-6-14/h1-11,21H,12-13H2,(H,18,19). The Kier molecular flexibility index (Phi) is 3.87. The van der Waals surface area contributed by atoms with Gasteiger partial charge >= 0.3 is 0 Å². The molecule has 0 aliphatic rings. The normalized spacial score (nSPS) is 10.5. The van der Waals surface area contributed by atoms with Crippen molar-refractivity contribution in [3.8, 4) is 5.75 Å². The van der Waals surface area contributed by atoms with Gasteiger partial charge in [0.2, 0.25) is 0 Å². The Morgan fingerprint density at radius 3 is 2.57 bits per heavy atom. The average Bonchev–Trinajstić information content (AvgIpc) is 2.94. The van der Waals surface area contributed by atoms with Crippen LogP contribution in [0.1, 0.15) is 11.1 Å². The van der Waals surface area contributed by atoms with Gasteiger partial charge in [0, 0.05) is 18.8 Å². The third-order valence-electron chi connectivity index (χ3n) is 3.21. The summed E-state index contributed by atoms with van der Waals surface area (Å²) in [6.07, 6.45) is 1.96. The largest absolute Gasteiger partial charge is 0.508 e. The molecule has 0 bridgehead atoms. The van der Waals surface area contributed by atoms with E-state index in [1.54, 1.807) is 12.1 Å². The number of rotatable bonds is 5. The van der Waals surface area contributed by atoms with Gasteiger partial charge in [-0.2, -0.15) is 5.10 Å². The lowest BCUT2D eigenvalue weighted by molar-refractivity contribution is 0.474. The quantitative estimate of drug-likeness (QED) is 0.753. The fraction of sp³-hybridized carbons (Fsp3) is 0.118. The van der Waals surface area contributed by atoms with Crippen molar-refractivity contribution in [1.29, 1.82) is 0 Å². The monoisotopic (exact) mass is 279 g/mol. The van der Waals surface area contributed by atoms with Crippen LogP contribution in [0.25, 0.3) is 0 Å². The van der Waals surface area contributed by atoms with Crippen molar-refractivity contribution in [3.63, 3.8) is 0 Å². The maximum Gasteiger partial charge on any atom is 0.148 e. The van der Waals surface area contributed by atoms with E-state index in [9.17, 15) is 5.11 Å². The van der Waals surface area contributed by atoms with Gasteiger partial charge in [0.05, 0.1) is 6.54 Å².